The maximum atomic E-state index is 12.6. The monoisotopic (exact) mass is 638 g/mol. The van der Waals surface area contributed by atoms with Crippen LogP contribution in [0.25, 0.3) is 0 Å². The topological polar surface area (TPSA) is 76.1 Å². The Kier molecular flexibility index (Phi) is 29.3. The Morgan fingerprint density at radius 2 is 1.07 bits per heavy atom. The van der Waals surface area contributed by atoms with Gasteiger partial charge in [-0.1, -0.05) is 110 Å². The lowest BCUT2D eigenvalue weighted by Crippen LogP contribution is -2.29. The van der Waals surface area contributed by atoms with Crippen molar-refractivity contribution < 1.29 is 24.2 Å². The van der Waals surface area contributed by atoms with Crippen molar-refractivity contribution >= 4 is 11.9 Å². The molecular weight excluding hydrogens is 562 g/mol. The fourth-order valence-corrected chi connectivity index (χ4v) is 6.63. The van der Waals surface area contributed by atoms with Crippen molar-refractivity contribution in [2.75, 3.05) is 26.2 Å². The number of nitrogens with zero attached hydrogens (tertiary/aromatic N) is 1. The van der Waals surface area contributed by atoms with E-state index in [0.29, 0.717) is 19.4 Å². The summed E-state index contributed by atoms with van der Waals surface area (Å²) in [6.45, 7) is 7.40. The van der Waals surface area contributed by atoms with Gasteiger partial charge in [-0.2, -0.15) is 0 Å². The van der Waals surface area contributed by atoms with E-state index in [1.165, 1.54) is 96.3 Å². The van der Waals surface area contributed by atoms with Crippen LogP contribution in [-0.2, 0) is 19.1 Å². The number of ether oxygens (including phenoxy) is 2. The Hall–Kier alpha value is -1.14. The van der Waals surface area contributed by atoms with E-state index in [1.807, 2.05) is 0 Å². The number of rotatable bonds is 32. The van der Waals surface area contributed by atoms with Gasteiger partial charge in [0.05, 0.1) is 6.61 Å². The van der Waals surface area contributed by atoms with E-state index in [1.54, 1.807) is 0 Å². The quantitative estimate of drug-likeness (QED) is 0.0584. The molecule has 0 bridgehead atoms. The molecular formula is C39H75NO5. The molecule has 0 amide bonds. The number of unbranched alkanes of at least 4 members (excludes halogenated alkanes) is 16. The molecule has 1 aliphatic rings. The molecule has 1 N–H and O–H groups in total. The smallest absolute Gasteiger partial charge is 0.306 e. The largest absolute Gasteiger partial charge is 0.462 e. The zero-order valence-corrected chi connectivity index (χ0v) is 30.0. The van der Waals surface area contributed by atoms with Gasteiger partial charge in [0.1, 0.15) is 12.2 Å². The number of esters is 2. The highest BCUT2D eigenvalue weighted by atomic mass is 16.5. The number of hydrogen-bond donors (Lipinski definition) is 1. The first-order valence-electron chi connectivity index (χ1n) is 19.8. The highest BCUT2D eigenvalue weighted by molar-refractivity contribution is 5.69. The summed E-state index contributed by atoms with van der Waals surface area (Å²) in [4.78, 5) is 27.1. The van der Waals surface area contributed by atoms with Crippen LogP contribution in [0.3, 0.4) is 0 Å². The van der Waals surface area contributed by atoms with Crippen LogP contribution in [0.4, 0.5) is 0 Å². The second kappa shape index (κ2) is 31.5. The standard InChI is InChI=1S/C39H75NO5/c1-3-5-7-9-12-18-26-36(27-19-13-10-8-6-4-2)44-38(42)30-22-14-11-15-24-32-40(34-35-41)33-25-17-23-31-39(43)45-37-28-20-16-21-29-37/h36-37,41H,3-35H2,1-2H3. The van der Waals surface area contributed by atoms with E-state index >= 15 is 0 Å². The third-order valence-electron chi connectivity index (χ3n) is 9.53. The van der Waals surface area contributed by atoms with Gasteiger partial charge in [0.15, 0.2) is 0 Å². The van der Waals surface area contributed by atoms with Gasteiger partial charge >= 0.3 is 11.9 Å². The first kappa shape index (κ1) is 41.9. The maximum absolute atomic E-state index is 12.6. The Bertz CT molecular complexity index is 650. The number of aliphatic hydroxyl groups is 1. The molecule has 266 valence electrons. The van der Waals surface area contributed by atoms with Crippen LogP contribution in [0.1, 0.15) is 200 Å². The minimum atomic E-state index is -0.0245. The first-order valence-corrected chi connectivity index (χ1v) is 19.8. The van der Waals surface area contributed by atoms with E-state index in [9.17, 15) is 14.7 Å². The van der Waals surface area contributed by atoms with E-state index in [4.69, 9.17) is 9.47 Å². The van der Waals surface area contributed by atoms with Crippen LogP contribution in [0, 0.1) is 0 Å². The van der Waals surface area contributed by atoms with Gasteiger partial charge in [-0.25, -0.2) is 0 Å². The molecule has 1 rings (SSSR count). The molecule has 0 heterocycles. The highest BCUT2D eigenvalue weighted by Gasteiger charge is 2.17. The van der Waals surface area contributed by atoms with Crippen LogP contribution in [0.15, 0.2) is 0 Å². The zero-order chi connectivity index (χ0) is 32.6. The summed E-state index contributed by atoms with van der Waals surface area (Å²) in [5.41, 5.74) is 0. The average molecular weight is 638 g/mol. The number of aliphatic hydroxyl groups excluding tert-OH is 1. The molecule has 0 aromatic heterocycles. The SMILES string of the molecule is CCCCCCCCC(CCCCCCCC)OC(=O)CCCCCCCN(CCO)CCCCCC(=O)OC1CCCCC1. The van der Waals surface area contributed by atoms with Crippen molar-refractivity contribution in [1.29, 1.82) is 0 Å². The van der Waals surface area contributed by atoms with Crippen LogP contribution in [-0.4, -0.2) is 60.4 Å². The predicted octanol–water partition coefficient (Wildman–Crippen LogP) is 10.5. The molecule has 0 unspecified atom stereocenters. The molecule has 0 aliphatic heterocycles. The molecule has 0 aromatic rings. The van der Waals surface area contributed by atoms with Crippen LogP contribution < -0.4 is 0 Å². The van der Waals surface area contributed by atoms with Gasteiger partial charge in [0, 0.05) is 19.4 Å². The Labute approximate surface area is 279 Å². The summed E-state index contributed by atoms with van der Waals surface area (Å²) in [6.07, 6.45) is 32.9. The van der Waals surface area contributed by atoms with E-state index in [0.717, 1.165) is 90.1 Å². The maximum Gasteiger partial charge on any atom is 0.306 e. The van der Waals surface area contributed by atoms with Crippen molar-refractivity contribution in [3.05, 3.63) is 0 Å². The summed E-state index contributed by atoms with van der Waals surface area (Å²) >= 11 is 0. The van der Waals surface area contributed by atoms with E-state index < -0.39 is 0 Å². The van der Waals surface area contributed by atoms with Gasteiger partial charge in [-0.15, -0.1) is 0 Å². The van der Waals surface area contributed by atoms with Gasteiger partial charge in [0.2, 0.25) is 0 Å². The average Bonchev–Trinajstić information content (AvgIpc) is 3.03. The first-order chi connectivity index (χ1) is 22.1. The Balaban J connectivity index is 2.13. The lowest BCUT2D eigenvalue weighted by Gasteiger charge is -2.22. The van der Waals surface area contributed by atoms with Crippen molar-refractivity contribution in [3.8, 4) is 0 Å². The van der Waals surface area contributed by atoms with E-state index in [-0.39, 0.29) is 30.8 Å². The number of hydrogen-bond acceptors (Lipinski definition) is 6. The van der Waals surface area contributed by atoms with E-state index in [2.05, 4.69) is 18.7 Å². The van der Waals surface area contributed by atoms with Gasteiger partial charge < -0.3 is 19.5 Å². The van der Waals surface area contributed by atoms with Crippen molar-refractivity contribution in [3.63, 3.8) is 0 Å². The second-order valence-corrected chi connectivity index (χ2v) is 13.9. The fourth-order valence-electron chi connectivity index (χ4n) is 6.63. The molecule has 0 radical (unpaired) electrons. The van der Waals surface area contributed by atoms with Gasteiger partial charge in [0.25, 0.3) is 0 Å². The summed E-state index contributed by atoms with van der Waals surface area (Å²) in [7, 11) is 0. The summed E-state index contributed by atoms with van der Waals surface area (Å²) in [5, 5.41) is 9.49. The molecule has 0 aromatic carbocycles. The minimum absolute atomic E-state index is 0.00772. The fraction of sp³-hybridized carbons (Fsp3) is 0.949. The third-order valence-corrected chi connectivity index (χ3v) is 9.53. The molecule has 1 fully saturated rings. The lowest BCUT2D eigenvalue weighted by atomic mass is 9.98. The van der Waals surface area contributed by atoms with Crippen LogP contribution >= 0.6 is 0 Å². The summed E-state index contributed by atoms with van der Waals surface area (Å²) in [6, 6.07) is 0. The van der Waals surface area contributed by atoms with Crippen molar-refractivity contribution in [2.24, 2.45) is 0 Å². The van der Waals surface area contributed by atoms with Crippen LogP contribution in [0.5, 0.6) is 0 Å². The molecule has 0 saturated heterocycles. The molecule has 45 heavy (non-hydrogen) atoms. The molecule has 6 nitrogen and oxygen atoms in total. The normalized spacial score (nSPS) is 14.0. The third kappa shape index (κ3) is 26.6. The Morgan fingerprint density at radius 3 is 1.62 bits per heavy atom. The lowest BCUT2D eigenvalue weighted by molar-refractivity contribution is -0.151. The zero-order valence-electron chi connectivity index (χ0n) is 30.0. The second-order valence-electron chi connectivity index (χ2n) is 13.9. The van der Waals surface area contributed by atoms with Gasteiger partial charge in [-0.3, -0.25) is 9.59 Å². The minimum Gasteiger partial charge on any atom is -0.462 e. The van der Waals surface area contributed by atoms with Crippen molar-refractivity contribution in [2.45, 2.75) is 212 Å². The molecule has 0 spiro atoms. The Morgan fingerprint density at radius 1 is 0.600 bits per heavy atom. The number of carbonyl (C=O) groups excluding carboxylic acids is 2. The van der Waals surface area contributed by atoms with Gasteiger partial charge in [-0.05, 0) is 90.1 Å². The summed E-state index contributed by atoms with van der Waals surface area (Å²) < 4.78 is 11.6. The van der Waals surface area contributed by atoms with Crippen LogP contribution in [0.2, 0.25) is 0 Å². The highest BCUT2D eigenvalue weighted by Crippen LogP contribution is 2.21. The molecule has 0 atom stereocenters. The summed E-state index contributed by atoms with van der Waals surface area (Å²) in [5.74, 6) is -0.0168. The predicted molar refractivity (Wildman–Crippen MR) is 189 cm³/mol. The van der Waals surface area contributed by atoms with Crippen molar-refractivity contribution in [1.82, 2.24) is 4.90 Å². The molecule has 1 saturated carbocycles. The molecule has 6 heteroatoms. The number of carbonyl (C=O) groups is 2. The molecule has 1 aliphatic carbocycles.